The number of nitrogens with zero attached hydrogens (tertiary/aromatic N) is 3. The molecule has 1 aromatic heterocycles. The summed E-state index contributed by atoms with van der Waals surface area (Å²) in [4.78, 5) is 13.8. The molecule has 5 nitrogen and oxygen atoms in total. The third kappa shape index (κ3) is 3.10. The third-order valence-corrected chi connectivity index (χ3v) is 3.57. The molecule has 0 atom stereocenters. The molecule has 0 bridgehead atoms. The molecule has 1 aliphatic rings. The van der Waals surface area contributed by atoms with Gasteiger partial charge >= 0.3 is 0 Å². The summed E-state index contributed by atoms with van der Waals surface area (Å²) >= 11 is 0. The minimum absolute atomic E-state index is 0.118. The summed E-state index contributed by atoms with van der Waals surface area (Å²) in [5.74, 6) is -4.27. The van der Waals surface area contributed by atoms with Crippen LogP contribution in [0.4, 0.5) is 24.7 Å². The van der Waals surface area contributed by atoms with Gasteiger partial charge in [-0.2, -0.15) is 0 Å². The Bertz CT molecular complexity index is 730. The highest BCUT2D eigenvalue weighted by molar-refractivity contribution is 5.92. The largest absolute Gasteiger partial charge is 0.337 e. The number of carbonyl (C=O) groups is 1. The zero-order valence-electron chi connectivity index (χ0n) is 12.0. The molecule has 1 fully saturated rings. The van der Waals surface area contributed by atoms with Gasteiger partial charge in [0.2, 0.25) is 0 Å². The number of amides is 1. The summed E-state index contributed by atoms with van der Waals surface area (Å²) in [5, 5.41) is 10.1. The predicted molar refractivity (Wildman–Crippen MR) is 76.8 cm³/mol. The molecule has 2 heterocycles. The lowest BCUT2D eigenvalue weighted by atomic mass is 10.2. The van der Waals surface area contributed by atoms with Gasteiger partial charge in [-0.1, -0.05) is 0 Å². The fraction of sp³-hybridized carbons (Fsp3) is 0.267. The van der Waals surface area contributed by atoms with Crippen LogP contribution in [0.1, 0.15) is 23.3 Å². The topological polar surface area (TPSA) is 58.1 Å². The van der Waals surface area contributed by atoms with Crippen LogP contribution in [0.25, 0.3) is 0 Å². The smallest absolute Gasteiger partial charge is 0.274 e. The number of likely N-dealkylation sites (tertiary alicyclic amines) is 1. The fourth-order valence-corrected chi connectivity index (χ4v) is 2.36. The first kappa shape index (κ1) is 15.3. The monoisotopic (exact) mass is 322 g/mol. The van der Waals surface area contributed by atoms with Crippen molar-refractivity contribution in [3.8, 4) is 0 Å². The van der Waals surface area contributed by atoms with E-state index in [4.69, 9.17) is 0 Å². The zero-order valence-corrected chi connectivity index (χ0v) is 12.0. The van der Waals surface area contributed by atoms with Crippen LogP contribution in [-0.2, 0) is 0 Å². The maximum atomic E-state index is 13.6. The Morgan fingerprint density at radius 3 is 2.39 bits per heavy atom. The highest BCUT2D eigenvalue weighted by Gasteiger charge is 2.21. The molecule has 1 amide bonds. The van der Waals surface area contributed by atoms with E-state index < -0.39 is 17.5 Å². The van der Waals surface area contributed by atoms with Gasteiger partial charge in [-0.15, -0.1) is 10.2 Å². The second-order valence-corrected chi connectivity index (χ2v) is 5.15. The number of nitrogens with one attached hydrogen (secondary N) is 1. The molecule has 3 rings (SSSR count). The summed E-state index contributed by atoms with van der Waals surface area (Å²) in [5.41, 5.74) is -0.0833. The Balaban J connectivity index is 1.75. The van der Waals surface area contributed by atoms with Crippen LogP contribution in [0, 0.1) is 17.5 Å². The lowest BCUT2D eigenvalue weighted by Crippen LogP contribution is -2.28. The molecule has 0 radical (unpaired) electrons. The molecule has 8 heteroatoms. The molecule has 1 saturated heterocycles. The first-order chi connectivity index (χ1) is 11.1. The number of hydrogen-bond acceptors (Lipinski definition) is 4. The molecule has 1 N–H and O–H groups in total. The van der Waals surface area contributed by atoms with E-state index >= 15 is 0 Å². The van der Waals surface area contributed by atoms with Gasteiger partial charge in [0.05, 0.1) is 5.69 Å². The predicted octanol–water partition coefficient (Wildman–Crippen LogP) is 2.87. The zero-order chi connectivity index (χ0) is 16.4. The SMILES string of the molecule is O=C(c1ccc(Nc2ccc(F)c(F)c2F)nn1)N1CCCC1. The molecule has 1 aromatic carbocycles. The van der Waals surface area contributed by atoms with Crippen LogP contribution in [0.5, 0.6) is 0 Å². The van der Waals surface area contributed by atoms with Gasteiger partial charge in [0.25, 0.3) is 5.91 Å². The van der Waals surface area contributed by atoms with Crippen molar-refractivity contribution >= 4 is 17.4 Å². The summed E-state index contributed by atoms with van der Waals surface area (Å²) in [6, 6.07) is 4.74. The highest BCUT2D eigenvalue weighted by Crippen LogP contribution is 2.22. The van der Waals surface area contributed by atoms with Crippen molar-refractivity contribution in [3.05, 3.63) is 47.4 Å². The number of anilines is 2. The number of aromatic nitrogens is 2. The molecule has 23 heavy (non-hydrogen) atoms. The first-order valence-corrected chi connectivity index (χ1v) is 7.10. The summed E-state index contributed by atoms with van der Waals surface area (Å²) < 4.78 is 39.6. The van der Waals surface area contributed by atoms with E-state index in [0.717, 1.165) is 25.0 Å². The Labute approximate surface area is 130 Å². The lowest BCUT2D eigenvalue weighted by Gasteiger charge is -2.14. The van der Waals surface area contributed by atoms with Crippen LogP contribution >= 0.6 is 0 Å². The van der Waals surface area contributed by atoms with Crippen LogP contribution in [0.3, 0.4) is 0 Å². The second kappa shape index (κ2) is 6.23. The Hall–Kier alpha value is -2.64. The fourth-order valence-electron chi connectivity index (χ4n) is 2.36. The summed E-state index contributed by atoms with van der Waals surface area (Å²) in [6.07, 6.45) is 1.93. The first-order valence-electron chi connectivity index (χ1n) is 7.10. The van der Waals surface area contributed by atoms with Crippen molar-refractivity contribution in [2.45, 2.75) is 12.8 Å². The molecule has 0 unspecified atom stereocenters. The van der Waals surface area contributed by atoms with Gasteiger partial charge in [-0.05, 0) is 37.1 Å². The van der Waals surface area contributed by atoms with Crippen molar-refractivity contribution in [2.24, 2.45) is 0 Å². The number of rotatable bonds is 3. The Morgan fingerprint density at radius 2 is 1.74 bits per heavy atom. The Kier molecular flexibility index (Phi) is 4.14. The van der Waals surface area contributed by atoms with Crippen molar-refractivity contribution in [3.63, 3.8) is 0 Å². The van der Waals surface area contributed by atoms with E-state index in [9.17, 15) is 18.0 Å². The van der Waals surface area contributed by atoms with Crippen molar-refractivity contribution < 1.29 is 18.0 Å². The van der Waals surface area contributed by atoms with E-state index in [1.165, 1.54) is 12.1 Å². The molecule has 0 spiro atoms. The number of benzene rings is 1. The molecule has 0 saturated carbocycles. The highest BCUT2D eigenvalue weighted by atomic mass is 19.2. The van der Waals surface area contributed by atoms with Crippen molar-refractivity contribution in [2.75, 3.05) is 18.4 Å². The van der Waals surface area contributed by atoms with E-state index in [1.807, 2.05) is 0 Å². The molecule has 120 valence electrons. The minimum Gasteiger partial charge on any atom is -0.337 e. The molecule has 0 aliphatic carbocycles. The lowest BCUT2D eigenvalue weighted by molar-refractivity contribution is 0.0786. The van der Waals surface area contributed by atoms with Crippen molar-refractivity contribution in [1.82, 2.24) is 15.1 Å². The normalized spacial score (nSPS) is 14.1. The quantitative estimate of drug-likeness (QED) is 0.883. The van der Waals surface area contributed by atoms with Gasteiger partial charge in [0, 0.05) is 13.1 Å². The van der Waals surface area contributed by atoms with E-state index in [0.29, 0.717) is 13.1 Å². The molecule has 2 aromatic rings. The van der Waals surface area contributed by atoms with E-state index in [1.54, 1.807) is 4.90 Å². The van der Waals surface area contributed by atoms with Crippen LogP contribution < -0.4 is 5.32 Å². The average molecular weight is 322 g/mol. The van der Waals surface area contributed by atoms with Gasteiger partial charge in [0.15, 0.2) is 29.0 Å². The standard InChI is InChI=1S/C15H13F3N4O/c16-9-3-4-10(14(18)13(9)17)19-12-6-5-11(20-21-12)15(23)22-7-1-2-8-22/h3-6H,1-2,7-8H2,(H,19,21). The van der Waals surface area contributed by atoms with Crippen LogP contribution in [0.2, 0.25) is 0 Å². The van der Waals surface area contributed by atoms with Gasteiger partial charge in [-0.3, -0.25) is 4.79 Å². The second-order valence-electron chi connectivity index (χ2n) is 5.15. The van der Waals surface area contributed by atoms with E-state index in [-0.39, 0.29) is 23.1 Å². The van der Waals surface area contributed by atoms with Crippen molar-refractivity contribution in [1.29, 1.82) is 0 Å². The number of halogens is 3. The number of hydrogen-bond donors (Lipinski definition) is 1. The third-order valence-electron chi connectivity index (χ3n) is 3.57. The van der Waals surface area contributed by atoms with Gasteiger partial charge in [-0.25, -0.2) is 13.2 Å². The molecular formula is C15H13F3N4O. The molecule has 1 aliphatic heterocycles. The summed E-state index contributed by atoms with van der Waals surface area (Å²) in [6.45, 7) is 1.39. The maximum absolute atomic E-state index is 13.6. The molecular weight excluding hydrogens is 309 g/mol. The number of carbonyl (C=O) groups excluding carboxylic acids is 1. The average Bonchev–Trinajstić information content (AvgIpc) is 3.10. The van der Waals surface area contributed by atoms with E-state index in [2.05, 4.69) is 15.5 Å². The van der Waals surface area contributed by atoms with Gasteiger partial charge in [0.1, 0.15) is 0 Å². The summed E-state index contributed by atoms with van der Waals surface area (Å²) in [7, 11) is 0. The van der Waals surface area contributed by atoms with Crippen LogP contribution in [-0.4, -0.2) is 34.1 Å². The van der Waals surface area contributed by atoms with Gasteiger partial charge < -0.3 is 10.2 Å². The van der Waals surface area contributed by atoms with Crippen LogP contribution in [0.15, 0.2) is 24.3 Å². The minimum atomic E-state index is -1.57. The maximum Gasteiger partial charge on any atom is 0.274 e. The Morgan fingerprint density at radius 1 is 1.00 bits per heavy atom.